The van der Waals surface area contributed by atoms with Crippen molar-refractivity contribution in [2.24, 2.45) is 15.2 Å². The van der Waals surface area contributed by atoms with Crippen LogP contribution in [-0.4, -0.2) is 11.8 Å². The molecule has 0 aromatic rings. The molecule has 4 heteroatoms. The van der Waals surface area contributed by atoms with Crippen LogP contribution < -0.4 is 5.41 Å². The molecule has 23 heavy (non-hydrogen) atoms. The minimum Gasteiger partial charge on any atom is -0.283 e. The topological polar surface area (TPSA) is 62.7 Å². The lowest BCUT2D eigenvalue weighted by atomic mass is 10.0. The molecule has 0 amide bonds. The van der Waals surface area contributed by atoms with E-state index in [9.17, 15) is 0 Å². The lowest BCUT2D eigenvalue weighted by Crippen LogP contribution is -2.36. The highest BCUT2D eigenvalue weighted by Crippen LogP contribution is 2.14. The van der Waals surface area contributed by atoms with Crippen molar-refractivity contribution in [1.82, 2.24) is 0 Å². The second-order valence-electron chi connectivity index (χ2n) is 6.79. The third kappa shape index (κ3) is 12.1. The lowest BCUT2D eigenvalue weighted by Gasteiger charge is -2.03. The Bertz CT molecular complexity index is 360. The van der Waals surface area contributed by atoms with Crippen LogP contribution in [0, 0.1) is 0 Å². The maximum atomic E-state index is 5.45. The van der Waals surface area contributed by atoms with Crippen molar-refractivity contribution in [3.05, 3.63) is 0 Å². The molecule has 2 N–H and O–H groups in total. The lowest BCUT2D eigenvalue weighted by molar-refractivity contribution is -0.116. The Hall–Kier alpha value is -1.06. The smallest absolute Gasteiger partial charge is 0.283 e. The predicted molar refractivity (Wildman–Crippen MR) is 98.8 cm³/mol. The van der Waals surface area contributed by atoms with E-state index >= 15 is 0 Å². The first-order valence-electron chi connectivity index (χ1n) is 9.94. The molecule has 0 saturated heterocycles. The van der Waals surface area contributed by atoms with E-state index in [1.165, 1.54) is 89.9 Å². The summed E-state index contributed by atoms with van der Waals surface area (Å²) < 4.78 is 0. The third-order valence-corrected chi connectivity index (χ3v) is 4.52. The fraction of sp³-hybridized carbons (Fsp3) is 0.895. The van der Waals surface area contributed by atoms with Gasteiger partial charge in [-0.2, -0.15) is 0 Å². The molecule has 0 aliphatic carbocycles. The monoisotopic (exact) mass is 321 g/mol. The maximum Gasteiger partial charge on any atom is 0.448 e. The highest BCUT2D eigenvalue weighted by Gasteiger charge is 2.15. The van der Waals surface area contributed by atoms with Crippen LogP contribution >= 0.6 is 0 Å². The second-order valence-corrected chi connectivity index (χ2v) is 6.79. The molecular formula is C19H37N4+. The standard InChI is InChI=1S/C19H36N4/c1-2-3-4-5-6-7-8-9-10-11-12-13-14-15-16-17-18-21-19(20)23-22-18/h20H,2-17H2,1H3/p+1. The molecule has 0 unspecified atom stereocenters. The van der Waals surface area contributed by atoms with Crippen molar-refractivity contribution < 1.29 is 5.41 Å². The Morgan fingerprint density at radius 1 is 0.609 bits per heavy atom. The summed E-state index contributed by atoms with van der Waals surface area (Å²) in [5.41, 5.74) is 0. The number of aliphatic imine (C=N–C) groups is 1. The van der Waals surface area contributed by atoms with E-state index in [4.69, 9.17) is 5.41 Å². The number of guanidine groups is 1. The number of nitrogens with two attached hydrogens (primary N) is 1. The molecule has 1 rings (SSSR count). The van der Waals surface area contributed by atoms with Gasteiger partial charge in [0.15, 0.2) is 0 Å². The summed E-state index contributed by atoms with van der Waals surface area (Å²) in [5, 5.41) is 13.1. The van der Waals surface area contributed by atoms with E-state index in [2.05, 4.69) is 22.1 Å². The Morgan fingerprint density at radius 3 is 1.43 bits per heavy atom. The second kappa shape index (κ2) is 14.5. The zero-order valence-electron chi connectivity index (χ0n) is 15.2. The predicted octanol–water partition coefficient (Wildman–Crippen LogP) is 5.23. The van der Waals surface area contributed by atoms with Crippen molar-refractivity contribution in [3.63, 3.8) is 0 Å². The Morgan fingerprint density at radius 2 is 1.04 bits per heavy atom. The van der Waals surface area contributed by atoms with Gasteiger partial charge < -0.3 is 0 Å². The van der Waals surface area contributed by atoms with Gasteiger partial charge in [-0.3, -0.25) is 5.41 Å². The van der Waals surface area contributed by atoms with Crippen LogP contribution in [0.25, 0.3) is 0 Å². The summed E-state index contributed by atoms with van der Waals surface area (Å²) in [5.74, 6) is 1.11. The molecule has 1 heterocycles. The number of unbranched alkanes of at least 4 members (excludes halogenated alkanes) is 14. The fourth-order valence-electron chi connectivity index (χ4n) is 3.05. The van der Waals surface area contributed by atoms with Gasteiger partial charge in [0.2, 0.25) is 5.84 Å². The molecule has 0 fully saturated rings. The number of hydrogen-bond acceptors (Lipinski definition) is 1. The van der Waals surface area contributed by atoms with Gasteiger partial charge in [-0.15, -0.1) is 0 Å². The molecule has 1 aliphatic rings. The number of hydrogen-bond donors (Lipinski definition) is 1. The van der Waals surface area contributed by atoms with E-state index in [0.29, 0.717) is 5.96 Å². The summed E-state index contributed by atoms with van der Waals surface area (Å²) >= 11 is 0. The van der Waals surface area contributed by atoms with Gasteiger partial charge in [0.05, 0.1) is 5.11 Å². The van der Waals surface area contributed by atoms with E-state index in [1.54, 1.807) is 0 Å². The van der Waals surface area contributed by atoms with Gasteiger partial charge >= 0.3 is 5.96 Å². The SMILES string of the molecule is CCCCCCCCCCCCCCCCCC1=NC(=[NH2+])N=N1. The van der Waals surface area contributed by atoms with E-state index in [0.717, 1.165) is 18.7 Å². The molecule has 0 radical (unpaired) electrons. The highest BCUT2D eigenvalue weighted by molar-refractivity contribution is 5.98. The first-order chi connectivity index (χ1) is 11.3. The first-order valence-corrected chi connectivity index (χ1v) is 9.94. The van der Waals surface area contributed by atoms with Gasteiger partial charge in [0.1, 0.15) is 0 Å². The van der Waals surface area contributed by atoms with Gasteiger partial charge in [-0.1, -0.05) is 96.8 Å². The van der Waals surface area contributed by atoms with Gasteiger partial charge in [0, 0.05) is 6.42 Å². The molecule has 0 spiro atoms. The molecule has 1 aliphatic heterocycles. The minimum atomic E-state index is 0.306. The zero-order chi connectivity index (χ0) is 16.6. The summed E-state index contributed by atoms with van der Waals surface area (Å²) in [6.45, 7) is 2.28. The fourth-order valence-corrected chi connectivity index (χ4v) is 3.05. The largest absolute Gasteiger partial charge is 0.448 e. The first kappa shape index (κ1) is 20.0. The summed E-state index contributed by atoms with van der Waals surface area (Å²) in [7, 11) is 0. The van der Waals surface area contributed by atoms with Crippen molar-refractivity contribution in [2.45, 2.75) is 110 Å². The van der Waals surface area contributed by atoms with Crippen molar-refractivity contribution in [3.8, 4) is 0 Å². The van der Waals surface area contributed by atoms with Crippen LogP contribution in [0.4, 0.5) is 0 Å². The molecule has 4 nitrogen and oxygen atoms in total. The molecule has 0 aromatic heterocycles. The quantitative estimate of drug-likeness (QED) is 0.378. The van der Waals surface area contributed by atoms with Crippen LogP contribution in [0.2, 0.25) is 0 Å². The van der Waals surface area contributed by atoms with Crippen LogP contribution in [0.3, 0.4) is 0 Å². The van der Waals surface area contributed by atoms with Crippen molar-refractivity contribution >= 4 is 11.8 Å². The van der Waals surface area contributed by atoms with E-state index in [-0.39, 0.29) is 0 Å². The Kier molecular flexibility index (Phi) is 12.6. The molecule has 0 aromatic carbocycles. The Balaban J connectivity index is 1.71. The average molecular weight is 322 g/mol. The van der Waals surface area contributed by atoms with Crippen LogP contribution in [-0.2, 0) is 0 Å². The number of rotatable bonds is 16. The van der Waals surface area contributed by atoms with Crippen LogP contribution in [0.1, 0.15) is 110 Å². The minimum absolute atomic E-state index is 0.306. The van der Waals surface area contributed by atoms with Gasteiger partial charge in [-0.05, 0) is 16.5 Å². The van der Waals surface area contributed by atoms with Crippen molar-refractivity contribution in [2.75, 3.05) is 0 Å². The molecule has 0 atom stereocenters. The maximum absolute atomic E-state index is 5.45. The van der Waals surface area contributed by atoms with Crippen molar-refractivity contribution in [1.29, 1.82) is 0 Å². The van der Waals surface area contributed by atoms with Gasteiger partial charge in [0.25, 0.3) is 0 Å². The normalized spacial score (nSPS) is 13.8. The Labute approximate surface area is 142 Å². The summed E-state index contributed by atoms with van der Waals surface area (Å²) in [4.78, 5) is 4.07. The number of nitrogens with zero attached hydrogens (tertiary/aromatic N) is 3. The highest BCUT2D eigenvalue weighted by atomic mass is 15.3. The molecule has 0 bridgehead atoms. The van der Waals surface area contributed by atoms with E-state index in [1.807, 2.05) is 0 Å². The molecule has 0 saturated carbocycles. The van der Waals surface area contributed by atoms with Gasteiger partial charge in [-0.25, -0.2) is 0 Å². The molecular weight excluding hydrogens is 284 g/mol. The number of azo groups is 1. The van der Waals surface area contributed by atoms with E-state index < -0.39 is 0 Å². The summed E-state index contributed by atoms with van der Waals surface area (Å²) in [6.07, 6.45) is 21.8. The third-order valence-electron chi connectivity index (χ3n) is 4.52. The summed E-state index contributed by atoms with van der Waals surface area (Å²) in [6, 6.07) is 0. The number of amidine groups is 1. The zero-order valence-corrected chi connectivity index (χ0v) is 15.2. The van der Waals surface area contributed by atoms with Crippen LogP contribution in [0.15, 0.2) is 15.2 Å². The average Bonchev–Trinajstić information content (AvgIpc) is 2.96. The molecule has 132 valence electrons. The van der Waals surface area contributed by atoms with Crippen LogP contribution in [0.5, 0.6) is 0 Å².